The third-order valence-corrected chi connectivity index (χ3v) is 8.55. The van der Waals surface area contributed by atoms with Gasteiger partial charge in [-0.1, -0.05) is 0 Å². The largest absolute Gasteiger partial charge is 0.356 e. The first kappa shape index (κ1) is 14.6. The number of thioether (sulfide) groups is 1. The van der Waals surface area contributed by atoms with E-state index in [1.807, 2.05) is 0 Å². The maximum atomic E-state index is 12.1. The summed E-state index contributed by atoms with van der Waals surface area (Å²) in [7, 11) is -4.45. The molecular weight excluding hydrogens is 243 g/mol. The molecule has 0 fully saturated rings. The molecule has 0 aliphatic rings. The molecule has 2 atom stereocenters. The Kier molecular flexibility index (Phi) is 7.34. The highest BCUT2D eigenvalue weighted by molar-refractivity contribution is 8.17. The van der Waals surface area contributed by atoms with Crippen LogP contribution < -0.4 is 0 Å². The summed E-state index contributed by atoms with van der Waals surface area (Å²) in [6.07, 6.45) is 3.25. The van der Waals surface area contributed by atoms with Gasteiger partial charge in [0.15, 0.2) is 4.32 Å². The molecule has 0 N–H and O–H groups in total. The number of rotatable bonds is 7. The van der Waals surface area contributed by atoms with Crippen molar-refractivity contribution in [2.24, 2.45) is 0 Å². The molecule has 2 unspecified atom stereocenters. The van der Waals surface area contributed by atoms with Crippen molar-refractivity contribution in [2.45, 2.75) is 18.2 Å². The van der Waals surface area contributed by atoms with E-state index in [-0.39, 0.29) is 0 Å². The van der Waals surface area contributed by atoms with Crippen LogP contribution in [0.2, 0.25) is 0 Å². The number of hydrogen-bond donors (Lipinski definition) is 0. The molecule has 0 rings (SSSR count). The minimum atomic E-state index is -3.22. The topological polar surface area (TPSA) is 52.6 Å². The summed E-state index contributed by atoms with van der Waals surface area (Å²) in [5.41, 5.74) is 0. The van der Waals surface area contributed by atoms with Gasteiger partial charge in [0.05, 0.1) is 13.2 Å². The van der Waals surface area contributed by atoms with Gasteiger partial charge in [-0.3, -0.25) is 8.77 Å². The average molecular weight is 260 g/mol. The molecule has 0 aromatic rings. The highest BCUT2D eigenvalue weighted by Gasteiger charge is 2.37. The quantitative estimate of drug-likeness (QED) is 0.657. The summed E-state index contributed by atoms with van der Waals surface area (Å²) in [4.78, 5) is 0. The van der Waals surface area contributed by atoms with Crippen LogP contribution in [0.25, 0.3) is 0 Å². The lowest BCUT2D eigenvalue weighted by molar-refractivity contribution is 0.222. The smallest absolute Gasteiger partial charge is 0.307 e. The molecule has 0 radical (unpaired) electrons. The first-order valence-corrected chi connectivity index (χ1v) is 8.77. The Bertz CT molecular complexity index is 224. The summed E-state index contributed by atoms with van der Waals surface area (Å²) in [6, 6.07) is 0. The fourth-order valence-electron chi connectivity index (χ4n) is 0.965. The van der Waals surface area contributed by atoms with Crippen molar-refractivity contribution in [3.8, 4) is 0 Å². The van der Waals surface area contributed by atoms with Gasteiger partial charge >= 0.3 is 7.60 Å². The van der Waals surface area contributed by atoms with E-state index in [0.717, 1.165) is 0 Å². The van der Waals surface area contributed by atoms with E-state index < -0.39 is 22.7 Å². The van der Waals surface area contributed by atoms with E-state index in [2.05, 4.69) is 0 Å². The molecule has 0 saturated carbocycles. The highest BCUT2D eigenvalue weighted by atomic mass is 32.2. The standard InChI is InChI=1S/C7H17O4PS2/c1-5-10-12(8,11-6-2)7(13-3)14(4)9/h7H,5-6H2,1-4H3. The molecule has 86 valence electrons. The molecule has 0 aromatic heterocycles. The van der Waals surface area contributed by atoms with Gasteiger partial charge in [-0.2, -0.15) is 0 Å². The number of hydrogen-bond acceptors (Lipinski definition) is 5. The van der Waals surface area contributed by atoms with E-state index >= 15 is 0 Å². The summed E-state index contributed by atoms with van der Waals surface area (Å²) in [5, 5.41) is 0. The van der Waals surface area contributed by atoms with Gasteiger partial charge in [-0.25, -0.2) is 0 Å². The van der Waals surface area contributed by atoms with Gasteiger partial charge in [-0.15, -0.1) is 11.8 Å². The van der Waals surface area contributed by atoms with Gasteiger partial charge in [0.25, 0.3) is 0 Å². The monoisotopic (exact) mass is 260 g/mol. The van der Waals surface area contributed by atoms with E-state index in [1.165, 1.54) is 18.0 Å². The fourth-order valence-corrected chi connectivity index (χ4v) is 6.30. The first-order valence-electron chi connectivity index (χ1n) is 4.25. The van der Waals surface area contributed by atoms with Gasteiger partial charge < -0.3 is 9.05 Å². The molecule has 4 nitrogen and oxygen atoms in total. The second kappa shape index (κ2) is 7.01. The minimum Gasteiger partial charge on any atom is -0.307 e. The molecule has 0 aliphatic heterocycles. The molecule has 0 amide bonds. The molecule has 0 saturated heterocycles. The SMILES string of the molecule is CCOP(=O)(OCC)C(SC)S(C)=O. The Hall–Kier alpha value is 0.650. The Morgan fingerprint density at radius 3 is 2.00 bits per heavy atom. The molecule has 0 heterocycles. The molecule has 0 spiro atoms. The summed E-state index contributed by atoms with van der Waals surface area (Å²) in [5.74, 6) is 0. The van der Waals surface area contributed by atoms with Crippen molar-refractivity contribution in [3.05, 3.63) is 0 Å². The van der Waals surface area contributed by atoms with Crippen LogP contribution in [0.4, 0.5) is 0 Å². The lowest BCUT2D eigenvalue weighted by Gasteiger charge is -2.22. The Balaban J connectivity index is 4.76. The Morgan fingerprint density at radius 2 is 1.79 bits per heavy atom. The van der Waals surface area contributed by atoms with E-state index in [0.29, 0.717) is 13.2 Å². The Labute approximate surface area is 92.1 Å². The van der Waals surface area contributed by atoms with Crippen LogP contribution in [0.1, 0.15) is 13.8 Å². The van der Waals surface area contributed by atoms with Crippen molar-refractivity contribution >= 4 is 30.2 Å². The molecular formula is C7H17O4PS2. The van der Waals surface area contributed by atoms with E-state index in [4.69, 9.17) is 9.05 Å². The molecule has 14 heavy (non-hydrogen) atoms. The third kappa shape index (κ3) is 4.03. The zero-order chi connectivity index (χ0) is 11.2. The second-order valence-corrected chi connectivity index (χ2v) is 7.94. The molecule has 0 aromatic carbocycles. The van der Waals surface area contributed by atoms with Crippen molar-refractivity contribution in [2.75, 3.05) is 25.7 Å². The second-order valence-electron chi connectivity index (χ2n) is 2.42. The minimum absolute atomic E-state index is 0.297. The zero-order valence-electron chi connectivity index (χ0n) is 8.89. The molecule has 0 bridgehead atoms. The van der Waals surface area contributed by atoms with Crippen LogP contribution in [0, 0.1) is 0 Å². The van der Waals surface area contributed by atoms with Crippen LogP contribution >= 0.6 is 19.4 Å². The third-order valence-electron chi connectivity index (χ3n) is 1.36. The highest BCUT2D eigenvalue weighted by Crippen LogP contribution is 2.57. The van der Waals surface area contributed by atoms with Gasteiger partial charge in [-0.05, 0) is 20.1 Å². The summed E-state index contributed by atoms with van der Waals surface area (Å²) in [6.45, 7) is 4.07. The predicted octanol–water partition coefficient (Wildman–Crippen LogP) is 2.28. The van der Waals surface area contributed by atoms with E-state index in [9.17, 15) is 8.77 Å². The van der Waals surface area contributed by atoms with E-state index in [1.54, 1.807) is 20.1 Å². The average Bonchev–Trinajstić information content (AvgIpc) is 2.04. The molecule has 0 aliphatic carbocycles. The van der Waals surface area contributed by atoms with Gasteiger partial charge in [0.2, 0.25) is 0 Å². The van der Waals surface area contributed by atoms with Crippen LogP contribution in [0.15, 0.2) is 0 Å². The van der Waals surface area contributed by atoms with Crippen LogP contribution in [0.3, 0.4) is 0 Å². The van der Waals surface area contributed by atoms with Crippen LogP contribution in [0.5, 0.6) is 0 Å². The van der Waals surface area contributed by atoms with Crippen molar-refractivity contribution in [1.29, 1.82) is 0 Å². The molecule has 7 heteroatoms. The van der Waals surface area contributed by atoms with Gasteiger partial charge in [0.1, 0.15) is 0 Å². The van der Waals surface area contributed by atoms with Crippen molar-refractivity contribution in [1.82, 2.24) is 0 Å². The fraction of sp³-hybridized carbons (Fsp3) is 1.00. The maximum absolute atomic E-state index is 12.1. The normalized spacial score (nSPS) is 16.6. The van der Waals surface area contributed by atoms with Gasteiger partial charge in [0, 0.05) is 17.1 Å². The zero-order valence-corrected chi connectivity index (χ0v) is 11.4. The lowest BCUT2D eigenvalue weighted by Crippen LogP contribution is -2.14. The van der Waals surface area contributed by atoms with Crippen LogP contribution in [-0.4, -0.2) is 34.3 Å². The lowest BCUT2D eigenvalue weighted by atomic mass is 10.9. The van der Waals surface area contributed by atoms with Crippen molar-refractivity contribution < 1.29 is 17.8 Å². The summed E-state index contributed by atoms with van der Waals surface area (Å²) >= 11 is 1.25. The predicted molar refractivity (Wildman–Crippen MR) is 62.2 cm³/mol. The summed E-state index contributed by atoms with van der Waals surface area (Å²) < 4.78 is 33.1. The van der Waals surface area contributed by atoms with Crippen LogP contribution in [-0.2, 0) is 24.4 Å². The first-order chi connectivity index (χ1) is 6.51. The van der Waals surface area contributed by atoms with Crippen molar-refractivity contribution in [3.63, 3.8) is 0 Å². The Morgan fingerprint density at radius 1 is 1.36 bits per heavy atom. The maximum Gasteiger partial charge on any atom is 0.356 e.